The molecule has 3 aliphatic heterocycles. The normalized spacial score (nSPS) is 25.5. The van der Waals surface area contributed by atoms with Crippen molar-refractivity contribution in [3.8, 4) is 17.6 Å². The summed E-state index contributed by atoms with van der Waals surface area (Å²) in [6.07, 6.45) is -0.0997. The lowest BCUT2D eigenvalue weighted by Crippen LogP contribution is -2.71. The van der Waals surface area contributed by atoms with Crippen LogP contribution in [0.15, 0.2) is 28.5 Å². The lowest BCUT2D eigenvalue weighted by molar-refractivity contribution is -0.125. The predicted octanol–water partition coefficient (Wildman–Crippen LogP) is 2.63. The van der Waals surface area contributed by atoms with Crippen LogP contribution in [0.25, 0.3) is 0 Å². The minimum absolute atomic E-state index is 0.0302. The minimum atomic E-state index is -0.986. The number of methoxy groups -OCH3 is 3. The summed E-state index contributed by atoms with van der Waals surface area (Å²) in [6.45, 7) is 10.0. The van der Waals surface area contributed by atoms with Gasteiger partial charge in [0.15, 0.2) is 29.8 Å². The molecular formula is C36H47N5O9. The number of alkyl carbamates (subject to hydrolysis) is 1. The van der Waals surface area contributed by atoms with E-state index < -0.39 is 53.6 Å². The molecule has 2 bridgehead atoms. The van der Waals surface area contributed by atoms with Gasteiger partial charge in [-0.1, -0.05) is 6.07 Å². The second-order valence-corrected chi connectivity index (χ2v) is 14.2. The fourth-order valence-electron chi connectivity index (χ4n) is 7.95. The number of ether oxygens (including phenoxy) is 5. The van der Waals surface area contributed by atoms with Crippen molar-refractivity contribution < 1.29 is 42.9 Å². The van der Waals surface area contributed by atoms with E-state index in [0.717, 1.165) is 16.7 Å². The Kier molecular flexibility index (Phi) is 10.3. The van der Waals surface area contributed by atoms with Gasteiger partial charge >= 0.3 is 6.09 Å². The second-order valence-electron chi connectivity index (χ2n) is 14.2. The number of fused-ring (bicyclic) bond motifs is 6. The summed E-state index contributed by atoms with van der Waals surface area (Å²) in [6, 6.07) is 0.775. The third kappa shape index (κ3) is 6.34. The molecule has 1 saturated heterocycles. The van der Waals surface area contributed by atoms with Gasteiger partial charge < -0.3 is 34.3 Å². The number of Topliss-reactive ketones (excluding diaryl/α,β-unsaturated/α-hetero) is 2. The van der Waals surface area contributed by atoms with Crippen LogP contribution < -0.4 is 20.1 Å². The maximum Gasteiger partial charge on any atom is 0.408 e. The number of carbonyl (C=O) groups is 4. The van der Waals surface area contributed by atoms with Crippen LogP contribution in [0.5, 0.6) is 11.5 Å². The Morgan fingerprint density at radius 3 is 2.36 bits per heavy atom. The lowest BCUT2D eigenvalue weighted by Gasteiger charge is -2.60. The van der Waals surface area contributed by atoms with Crippen molar-refractivity contribution in [1.82, 2.24) is 20.4 Å². The Bertz CT molecular complexity index is 1700. The SMILES string of the molecule is COCOc1c(OC)c(C)cc2c1[C@@H]1[C@@H]3CC4=C(C(=O)C(OC)=C(C)C4=O)[C@H](CNC(=O)[C@H](C)NC(=O)OC(C)(C)C)N3[C@@H](C#N)[C@H](C2)N1C. The fraction of sp³-hybridized carbons (Fsp3) is 0.583. The Morgan fingerprint density at radius 1 is 1.06 bits per heavy atom. The number of nitriles is 1. The summed E-state index contributed by atoms with van der Waals surface area (Å²) >= 11 is 0. The van der Waals surface area contributed by atoms with E-state index in [1.165, 1.54) is 21.1 Å². The standard InChI is InChI=1S/C36H47N5O9/c1-17-11-20-12-22-24(14-37)41-23(28(40(22)7)26(20)33(31(17)47-9)49-16-46-8)13-21-27(30(43)32(48-10)18(2)29(21)42)25(41)15-38-34(44)19(3)39-35(45)50-36(4,5)6/h11,19,22-25,28H,12-13,15-16H2,1-10H3,(H,38,44)(H,39,45)/t19-,22-,23-,24-,25-,28-/m0/s1. The summed E-state index contributed by atoms with van der Waals surface area (Å²) in [7, 11) is 6.41. The quantitative estimate of drug-likeness (QED) is 0.287. The molecule has 270 valence electrons. The molecule has 0 saturated carbocycles. The van der Waals surface area contributed by atoms with Crippen LogP contribution in [-0.4, -0.2) is 111 Å². The number of rotatable bonds is 9. The van der Waals surface area contributed by atoms with Gasteiger partial charge in [-0.25, -0.2) is 4.79 Å². The largest absolute Gasteiger partial charge is 0.493 e. The third-order valence-corrected chi connectivity index (χ3v) is 9.96. The van der Waals surface area contributed by atoms with Crippen LogP contribution in [0.1, 0.15) is 63.8 Å². The number of carbonyl (C=O) groups excluding carboxylic acids is 4. The van der Waals surface area contributed by atoms with Crippen molar-refractivity contribution >= 4 is 23.6 Å². The first-order chi connectivity index (χ1) is 23.6. The van der Waals surface area contributed by atoms with Crippen molar-refractivity contribution in [1.29, 1.82) is 5.26 Å². The molecule has 0 radical (unpaired) electrons. The Labute approximate surface area is 292 Å². The van der Waals surface area contributed by atoms with Gasteiger partial charge in [0, 0.05) is 48.0 Å². The number of benzene rings is 1. The highest BCUT2D eigenvalue weighted by Gasteiger charge is 2.58. The lowest BCUT2D eigenvalue weighted by atomic mass is 9.69. The van der Waals surface area contributed by atoms with E-state index in [1.54, 1.807) is 34.8 Å². The maximum absolute atomic E-state index is 14.1. The van der Waals surface area contributed by atoms with Crippen LogP contribution >= 0.6 is 0 Å². The molecule has 5 rings (SSSR count). The first-order valence-corrected chi connectivity index (χ1v) is 16.7. The minimum Gasteiger partial charge on any atom is -0.493 e. The monoisotopic (exact) mass is 693 g/mol. The number of nitrogens with one attached hydrogen (secondary N) is 2. The van der Waals surface area contributed by atoms with Crippen molar-refractivity contribution in [2.45, 2.75) is 96.2 Å². The van der Waals surface area contributed by atoms with Crippen LogP contribution in [0.2, 0.25) is 0 Å². The topological polar surface area (TPSA) is 169 Å². The molecule has 2 amide bonds. The van der Waals surface area contributed by atoms with Gasteiger partial charge in [-0.05, 0) is 72.6 Å². The average molecular weight is 694 g/mol. The van der Waals surface area contributed by atoms with Crippen LogP contribution in [0.4, 0.5) is 4.79 Å². The van der Waals surface area contributed by atoms with Crippen LogP contribution in [-0.2, 0) is 35.0 Å². The molecule has 0 aromatic heterocycles. The highest BCUT2D eigenvalue weighted by atomic mass is 16.7. The van der Waals surface area contributed by atoms with Crippen molar-refractivity contribution in [2.75, 3.05) is 41.7 Å². The van der Waals surface area contributed by atoms with Crippen LogP contribution in [0.3, 0.4) is 0 Å². The average Bonchev–Trinajstić information content (AvgIpc) is 3.04. The summed E-state index contributed by atoms with van der Waals surface area (Å²) in [4.78, 5) is 58.1. The molecule has 3 heterocycles. The van der Waals surface area contributed by atoms with E-state index in [4.69, 9.17) is 23.7 Å². The van der Waals surface area contributed by atoms with Gasteiger partial charge in [0.05, 0.1) is 32.4 Å². The number of likely N-dealkylation sites (N-methyl/N-ethyl adjacent to an activating group) is 1. The number of piperazine rings is 1. The van der Waals surface area contributed by atoms with Crippen molar-refractivity contribution in [3.63, 3.8) is 0 Å². The van der Waals surface area contributed by atoms with Gasteiger partial charge in [0.25, 0.3) is 0 Å². The van der Waals surface area contributed by atoms with Crippen molar-refractivity contribution in [2.24, 2.45) is 0 Å². The molecule has 1 aliphatic carbocycles. The Hall–Kier alpha value is -4.45. The second kappa shape index (κ2) is 14.0. The molecule has 50 heavy (non-hydrogen) atoms. The summed E-state index contributed by atoms with van der Waals surface area (Å²) in [5, 5.41) is 16.2. The number of hydrogen-bond donors (Lipinski definition) is 2. The van der Waals surface area contributed by atoms with E-state index in [0.29, 0.717) is 23.5 Å². The number of ketones is 2. The molecule has 6 atom stereocenters. The van der Waals surface area contributed by atoms with Crippen LogP contribution in [0, 0.1) is 18.3 Å². The molecule has 14 heteroatoms. The molecule has 1 aromatic carbocycles. The predicted molar refractivity (Wildman–Crippen MR) is 180 cm³/mol. The molecule has 2 N–H and O–H groups in total. The summed E-state index contributed by atoms with van der Waals surface area (Å²) in [5.41, 5.74) is 2.68. The number of aryl methyl sites for hydroxylation is 1. The number of nitrogens with zero attached hydrogens (tertiary/aromatic N) is 3. The molecule has 1 fully saturated rings. The van der Waals surface area contributed by atoms with Gasteiger partial charge in [-0.2, -0.15) is 5.26 Å². The smallest absolute Gasteiger partial charge is 0.408 e. The molecule has 1 aromatic rings. The maximum atomic E-state index is 14.1. The Morgan fingerprint density at radius 2 is 1.76 bits per heavy atom. The third-order valence-electron chi connectivity index (χ3n) is 9.96. The zero-order valence-electron chi connectivity index (χ0n) is 30.4. The van der Waals surface area contributed by atoms with Gasteiger partial charge in [-0.15, -0.1) is 0 Å². The van der Waals surface area contributed by atoms with Gasteiger partial charge in [-0.3, -0.25) is 24.2 Å². The molecule has 0 spiro atoms. The fourth-order valence-corrected chi connectivity index (χ4v) is 7.95. The molecular weight excluding hydrogens is 646 g/mol. The number of amides is 2. The number of allylic oxidation sites excluding steroid dienone is 2. The van der Waals surface area contributed by atoms with E-state index in [2.05, 4.69) is 27.7 Å². The van der Waals surface area contributed by atoms with Gasteiger partial charge in [0.1, 0.15) is 17.7 Å². The Balaban J connectivity index is 1.62. The van der Waals surface area contributed by atoms with E-state index >= 15 is 0 Å². The van der Waals surface area contributed by atoms with E-state index in [1.807, 2.05) is 18.9 Å². The van der Waals surface area contributed by atoms with E-state index in [-0.39, 0.29) is 48.5 Å². The van der Waals surface area contributed by atoms with Gasteiger partial charge in [0.2, 0.25) is 11.7 Å². The summed E-state index contributed by atoms with van der Waals surface area (Å²) < 4.78 is 28.1. The highest BCUT2D eigenvalue weighted by Crippen LogP contribution is 2.54. The first kappa shape index (κ1) is 36.8. The zero-order chi connectivity index (χ0) is 36.8. The van der Waals surface area contributed by atoms with E-state index in [9.17, 15) is 24.4 Å². The highest BCUT2D eigenvalue weighted by molar-refractivity contribution is 6.25. The first-order valence-electron chi connectivity index (χ1n) is 16.7. The van der Waals surface area contributed by atoms with Crippen molar-refractivity contribution in [3.05, 3.63) is 45.2 Å². The number of hydrogen-bond acceptors (Lipinski definition) is 12. The molecule has 14 nitrogen and oxygen atoms in total. The molecule has 4 aliphatic rings. The zero-order valence-corrected chi connectivity index (χ0v) is 30.4. The summed E-state index contributed by atoms with van der Waals surface area (Å²) in [5.74, 6) is -0.298. The molecule has 0 unspecified atom stereocenters.